The summed E-state index contributed by atoms with van der Waals surface area (Å²) >= 11 is 0. The largest absolute Gasteiger partial charge is 0.481 e. The van der Waals surface area contributed by atoms with E-state index >= 15 is 0 Å². The van der Waals surface area contributed by atoms with E-state index in [1.165, 1.54) is 0 Å². The van der Waals surface area contributed by atoms with Gasteiger partial charge in [0.2, 0.25) is 0 Å². The number of carbonyl (C=O) groups is 2. The van der Waals surface area contributed by atoms with Gasteiger partial charge in [-0.1, -0.05) is 6.07 Å². The number of nitrogens with two attached hydrogens (primary N) is 1. The molecule has 2 rings (SSSR count). The molecule has 4 N–H and O–H groups in total. The number of rotatable bonds is 3. The molecule has 6 heteroatoms. The van der Waals surface area contributed by atoms with Crippen LogP contribution in [-0.2, 0) is 9.53 Å². The van der Waals surface area contributed by atoms with Crippen molar-refractivity contribution >= 4 is 17.6 Å². The highest BCUT2D eigenvalue weighted by Gasteiger charge is 2.35. The maximum absolute atomic E-state index is 12.1. The van der Waals surface area contributed by atoms with E-state index in [1.807, 2.05) is 0 Å². The first-order valence-electron chi connectivity index (χ1n) is 5.97. The van der Waals surface area contributed by atoms with Crippen LogP contribution in [0.15, 0.2) is 18.2 Å². The van der Waals surface area contributed by atoms with E-state index in [0.29, 0.717) is 16.8 Å². The number of nitrogen functional groups attached to an aromatic ring is 1. The van der Waals surface area contributed by atoms with E-state index in [0.717, 1.165) is 0 Å². The Morgan fingerprint density at radius 1 is 1.42 bits per heavy atom. The van der Waals surface area contributed by atoms with Gasteiger partial charge in [-0.05, 0) is 24.6 Å². The highest BCUT2D eigenvalue weighted by molar-refractivity contribution is 5.97. The zero-order chi connectivity index (χ0) is 14.0. The van der Waals surface area contributed by atoms with E-state index in [9.17, 15) is 9.59 Å². The minimum atomic E-state index is -0.966. The lowest BCUT2D eigenvalue weighted by atomic mass is 10.0. The minimum Gasteiger partial charge on any atom is -0.481 e. The topological polar surface area (TPSA) is 102 Å². The molecule has 1 aromatic carbocycles. The molecule has 2 atom stereocenters. The van der Waals surface area contributed by atoms with Gasteiger partial charge >= 0.3 is 5.97 Å². The van der Waals surface area contributed by atoms with Crippen molar-refractivity contribution in [2.45, 2.75) is 13.0 Å². The number of carboxylic acid groups (broad SMARTS) is 1. The van der Waals surface area contributed by atoms with Gasteiger partial charge < -0.3 is 20.9 Å². The molecule has 0 bridgehead atoms. The second kappa shape index (κ2) is 5.27. The van der Waals surface area contributed by atoms with E-state index in [-0.39, 0.29) is 19.1 Å². The molecule has 102 valence electrons. The van der Waals surface area contributed by atoms with Crippen molar-refractivity contribution in [1.82, 2.24) is 5.32 Å². The summed E-state index contributed by atoms with van der Waals surface area (Å²) in [7, 11) is 0. The molecular formula is C13H16N2O4. The number of anilines is 1. The highest BCUT2D eigenvalue weighted by atomic mass is 16.5. The molecule has 0 radical (unpaired) electrons. The summed E-state index contributed by atoms with van der Waals surface area (Å²) in [5, 5.41) is 11.7. The second-order valence-electron chi connectivity index (χ2n) is 4.58. The Kier molecular flexibility index (Phi) is 3.71. The Labute approximate surface area is 110 Å². The number of carbonyl (C=O) groups excluding carboxylic acids is 1. The molecule has 1 aliphatic heterocycles. The molecule has 1 aliphatic rings. The number of nitrogens with one attached hydrogen (secondary N) is 1. The van der Waals surface area contributed by atoms with Crippen molar-refractivity contribution in [1.29, 1.82) is 0 Å². The molecule has 1 fully saturated rings. The Bertz CT molecular complexity index is 515. The van der Waals surface area contributed by atoms with Crippen LogP contribution in [0.4, 0.5) is 5.69 Å². The predicted molar refractivity (Wildman–Crippen MR) is 68.8 cm³/mol. The number of carboxylic acids is 1. The normalized spacial score (nSPS) is 22.2. The molecular weight excluding hydrogens is 248 g/mol. The first kappa shape index (κ1) is 13.4. The summed E-state index contributed by atoms with van der Waals surface area (Å²) in [6.07, 6.45) is 0. The van der Waals surface area contributed by atoms with Crippen molar-refractivity contribution in [2.75, 3.05) is 18.9 Å². The lowest BCUT2D eigenvalue weighted by molar-refractivity contribution is -0.142. The molecule has 0 aliphatic carbocycles. The number of amides is 1. The van der Waals surface area contributed by atoms with Crippen LogP contribution >= 0.6 is 0 Å². The van der Waals surface area contributed by atoms with Gasteiger partial charge in [0.05, 0.1) is 19.3 Å². The third kappa shape index (κ3) is 2.68. The van der Waals surface area contributed by atoms with Crippen LogP contribution < -0.4 is 11.1 Å². The van der Waals surface area contributed by atoms with E-state index < -0.39 is 17.9 Å². The molecule has 0 saturated carbocycles. The fraction of sp³-hybridized carbons (Fsp3) is 0.385. The summed E-state index contributed by atoms with van der Waals surface area (Å²) in [5.41, 5.74) is 7.42. The molecule has 1 amide bonds. The predicted octanol–water partition coefficient (Wildman–Crippen LogP) is 0.407. The monoisotopic (exact) mass is 264 g/mol. The zero-order valence-corrected chi connectivity index (χ0v) is 10.6. The van der Waals surface area contributed by atoms with Crippen molar-refractivity contribution in [3.05, 3.63) is 29.3 Å². The van der Waals surface area contributed by atoms with Crippen LogP contribution in [-0.4, -0.2) is 36.2 Å². The van der Waals surface area contributed by atoms with Gasteiger partial charge in [-0.3, -0.25) is 9.59 Å². The third-order valence-electron chi connectivity index (χ3n) is 3.33. The lowest BCUT2D eigenvalue weighted by Gasteiger charge is -2.16. The smallest absolute Gasteiger partial charge is 0.311 e. The Balaban J connectivity index is 2.13. The standard InChI is InChI=1S/C13H16N2O4/c1-7-8(3-2-4-10(7)14)12(16)15-11-6-19-5-9(11)13(17)18/h2-4,9,11H,5-6,14H2,1H3,(H,15,16)(H,17,18). The summed E-state index contributed by atoms with van der Waals surface area (Å²) in [4.78, 5) is 23.1. The Morgan fingerprint density at radius 2 is 2.16 bits per heavy atom. The first-order chi connectivity index (χ1) is 9.00. The van der Waals surface area contributed by atoms with Crippen LogP contribution in [0.1, 0.15) is 15.9 Å². The van der Waals surface area contributed by atoms with E-state index in [2.05, 4.69) is 5.32 Å². The quantitative estimate of drug-likeness (QED) is 0.686. The maximum Gasteiger partial charge on any atom is 0.311 e. The van der Waals surface area contributed by atoms with Gasteiger partial charge in [0.1, 0.15) is 5.92 Å². The van der Waals surface area contributed by atoms with Gasteiger partial charge in [0, 0.05) is 11.3 Å². The minimum absolute atomic E-state index is 0.121. The SMILES string of the molecule is Cc1c(N)cccc1C(=O)NC1COCC1C(=O)O. The average molecular weight is 264 g/mol. The van der Waals surface area contributed by atoms with Gasteiger partial charge in [0.15, 0.2) is 0 Å². The van der Waals surface area contributed by atoms with Crippen molar-refractivity contribution in [2.24, 2.45) is 5.92 Å². The van der Waals surface area contributed by atoms with Crippen molar-refractivity contribution < 1.29 is 19.4 Å². The molecule has 2 unspecified atom stereocenters. The van der Waals surface area contributed by atoms with Crippen LogP contribution in [0.3, 0.4) is 0 Å². The third-order valence-corrected chi connectivity index (χ3v) is 3.33. The lowest BCUT2D eigenvalue weighted by Crippen LogP contribution is -2.42. The Morgan fingerprint density at radius 3 is 2.84 bits per heavy atom. The number of ether oxygens (including phenoxy) is 1. The molecule has 0 aromatic heterocycles. The molecule has 0 spiro atoms. The molecule has 1 saturated heterocycles. The average Bonchev–Trinajstić information content (AvgIpc) is 2.80. The first-order valence-corrected chi connectivity index (χ1v) is 5.97. The number of hydrogen-bond acceptors (Lipinski definition) is 4. The summed E-state index contributed by atoms with van der Waals surface area (Å²) < 4.78 is 5.10. The van der Waals surface area contributed by atoms with Crippen molar-refractivity contribution in [3.63, 3.8) is 0 Å². The maximum atomic E-state index is 12.1. The highest BCUT2D eigenvalue weighted by Crippen LogP contribution is 2.18. The molecule has 19 heavy (non-hydrogen) atoms. The van der Waals surface area contributed by atoms with Gasteiger partial charge in [0.25, 0.3) is 5.91 Å². The van der Waals surface area contributed by atoms with E-state index in [4.69, 9.17) is 15.6 Å². The molecule has 1 aromatic rings. The van der Waals surface area contributed by atoms with E-state index in [1.54, 1.807) is 25.1 Å². The Hall–Kier alpha value is -2.08. The fourth-order valence-corrected chi connectivity index (χ4v) is 2.09. The summed E-state index contributed by atoms with van der Waals surface area (Å²) in [6, 6.07) is 4.56. The number of hydrogen-bond donors (Lipinski definition) is 3. The molecule has 6 nitrogen and oxygen atoms in total. The van der Waals surface area contributed by atoms with Crippen LogP contribution in [0.5, 0.6) is 0 Å². The summed E-state index contributed by atoms with van der Waals surface area (Å²) in [5.74, 6) is -2.00. The van der Waals surface area contributed by atoms with Gasteiger partial charge in [-0.2, -0.15) is 0 Å². The van der Waals surface area contributed by atoms with Gasteiger partial charge in [-0.25, -0.2) is 0 Å². The van der Waals surface area contributed by atoms with Gasteiger partial charge in [-0.15, -0.1) is 0 Å². The number of benzene rings is 1. The van der Waals surface area contributed by atoms with Crippen LogP contribution in [0.2, 0.25) is 0 Å². The van der Waals surface area contributed by atoms with Crippen molar-refractivity contribution in [3.8, 4) is 0 Å². The number of aliphatic carboxylic acids is 1. The molecule has 1 heterocycles. The van der Waals surface area contributed by atoms with Crippen LogP contribution in [0.25, 0.3) is 0 Å². The summed E-state index contributed by atoms with van der Waals surface area (Å²) in [6.45, 7) is 2.09. The fourth-order valence-electron chi connectivity index (χ4n) is 2.09. The second-order valence-corrected chi connectivity index (χ2v) is 4.58. The zero-order valence-electron chi connectivity index (χ0n) is 10.6. The van der Waals surface area contributed by atoms with Crippen LogP contribution in [0, 0.1) is 12.8 Å².